The molecule has 1 aliphatic heterocycles. The molecule has 0 amide bonds. The van der Waals surface area contributed by atoms with Crippen molar-refractivity contribution < 1.29 is 4.74 Å². The number of nitrogens with zero attached hydrogens (tertiary/aromatic N) is 1. The quantitative estimate of drug-likeness (QED) is 0.828. The Hall–Kier alpha value is -1.61. The van der Waals surface area contributed by atoms with E-state index in [1.165, 1.54) is 31.1 Å². The fourth-order valence-electron chi connectivity index (χ4n) is 3.01. The molecule has 0 spiro atoms. The predicted octanol–water partition coefficient (Wildman–Crippen LogP) is 2.76. The fourth-order valence-corrected chi connectivity index (χ4v) is 3.01. The van der Waals surface area contributed by atoms with Crippen molar-refractivity contribution in [3.63, 3.8) is 0 Å². The molecule has 0 aromatic carbocycles. The average Bonchev–Trinajstić information content (AvgIpc) is 2.83. The van der Waals surface area contributed by atoms with Crippen LogP contribution in [0.4, 0.5) is 0 Å². The zero-order chi connectivity index (χ0) is 12.4. The van der Waals surface area contributed by atoms with Gasteiger partial charge in [-0.25, -0.2) is 0 Å². The molecule has 3 heteroatoms. The van der Waals surface area contributed by atoms with E-state index < -0.39 is 0 Å². The highest BCUT2D eigenvalue weighted by molar-refractivity contribution is 5.72. The van der Waals surface area contributed by atoms with Gasteiger partial charge in [-0.1, -0.05) is 12.7 Å². The number of pyridine rings is 1. The summed E-state index contributed by atoms with van der Waals surface area (Å²) in [5.41, 5.74) is 2.54. The Morgan fingerprint density at radius 3 is 3.28 bits per heavy atom. The predicted molar refractivity (Wildman–Crippen MR) is 72.2 cm³/mol. The molecule has 2 heterocycles. The highest BCUT2D eigenvalue weighted by atomic mass is 16.5. The van der Waals surface area contributed by atoms with Gasteiger partial charge in [-0.05, 0) is 43.4 Å². The second-order valence-corrected chi connectivity index (χ2v) is 4.92. The van der Waals surface area contributed by atoms with Gasteiger partial charge in [-0.3, -0.25) is 4.98 Å². The lowest BCUT2D eigenvalue weighted by atomic mass is 9.89. The molecule has 3 rings (SSSR count). The molecule has 1 aromatic rings. The van der Waals surface area contributed by atoms with Crippen LogP contribution in [-0.2, 0) is 0 Å². The third-order valence-corrected chi connectivity index (χ3v) is 3.83. The monoisotopic (exact) mass is 242 g/mol. The zero-order valence-corrected chi connectivity index (χ0v) is 10.4. The molecular weight excluding hydrogens is 224 g/mol. The number of hydrogen-bond donors (Lipinski definition) is 1. The number of piperidine rings is 1. The molecule has 2 aliphatic rings. The van der Waals surface area contributed by atoms with E-state index in [2.05, 4.69) is 23.0 Å². The standard InChI is InChI=1S/C15H18N2O/c1-2-18-13-8-12(9-16-10-13)14-6-5-11-4-3-7-17-15(11)14/h2,6,8-11,15,17H,1,3-5,7H2/t11-,15-/m1/s1. The highest BCUT2D eigenvalue weighted by Gasteiger charge is 2.32. The molecule has 1 aromatic heterocycles. The number of allylic oxidation sites excluding steroid dienone is 1. The summed E-state index contributed by atoms with van der Waals surface area (Å²) in [6, 6.07) is 2.54. The van der Waals surface area contributed by atoms with E-state index in [9.17, 15) is 0 Å². The smallest absolute Gasteiger partial charge is 0.145 e. The first-order valence-electron chi connectivity index (χ1n) is 6.55. The van der Waals surface area contributed by atoms with Crippen molar-refractivity contribution in [1.29, 1.82) is 0 Å². The molecule has 2 atom stereocenters. The summed E-state index contributed by atoms with van der Waals surface area (Å²) >= 11 is 0. The first-order valence-corrected chi connectivity index (χ1v) is 6.55. The van der Waals surface area contributed by atoms with Gasteiger partial charge in [0.15, 0.2) is 0 Å². The maximum Gasteiger partial charge on any atom is 0.145 e. The third-order valence-electron chi connectivity index (χ3n) is 3.83. The van der Waals surface area contributed by atoms with Gasteiger partial charge in [0.05, 0.1) is 12.5 Å². The molecule has 18 heavy (non-hydrogen) atoms. The molecule has 0 radical (unpaired) electrons. The van der Waals surface area contributed by atoms with E-state index in [-0.39, 0.29) is 0 Å². The normalized spacial score (nSPS) is 26.3. The van der Waals surface area contributed by atoms with Crippen LogP contribution in [0, 0.1) is 5.92 Å². The lowest BCUT2D eigenvalue weighted by molar-refractivity contribution is 0.346. The van der Waals surface area contributed by atoms with Crippen LogP contribution in [0.25, 0.3) is 5.57 Å². The Kier molecular flexibility index (Phi) is 3.15. The van der Waals surface area contributed by atoms with Crippen LogP contribution in [0.2, 0.25) is 0 Å². The molecule has 0 bridgehead atoms. The first-order chi connectivity index (χ1) is 8.88. The Morgan fingerprint density at radius 2 is 2.39 bits per heavy atom. The summed E-state index contributed by atoms with van der Waals surface area (Å²) in [4.78, 5) is 4.24. The number of fused-ring (bicyclic) bond motifs is 1. The van der Waals surface area contributed by atoms with E-state index in [0.717, 1.165) is 23.8 Å². The van der Waals surface area contributed by atoms with Crippen LogP contribution in [-0.4, -0.2) is 17.6 Å². The van der Waals surface area contributed by atoms with Crippen molar-refractivity contribution in [3.05, 3.63) is 42.9 Å². The molecule has 3 nitrogen and oxygen atoms in total. The van der Waals surface area contributed by atoms with Crippen molar-refractivity contribution in [2.75, 3.05) is 6.54 Å². The number of hydrogen-bond acceptors (Lipinski definition) is 3. The Bertz CT molecular complexity index is 481. The van der Waals surface area contributed by atoms with Crippen molar-refractivity contribution in [1.82, 2.24) is 10.3 Å². The van der Waals surface area contributed by atoms with Crippen LogP contribution < -0.4 is 10.1 Å². The molecule has 1 N–H and O–H groups in total. The maximum atomic E-state index is 5.30. The van der Waals surface area contributed by atoms with E-state index in [1.807, 2.05) is 12.3 Å². The first kappa shape index (κ1) is 11.5. The fraction of sp³-hybridized carbons (Fsp3) is 0.400. The van der Waals surface area contributed by atoms with Gasteiger partial charge in [-0.2, -0.15) is 0 Å². The summed E-state index contributed by atoms with van der Waals surface area (Å²) in [6.07, 6.45) is 11.2. The molecule has 1 saturated heterocycles. The number of nitrogens with one attached hydrogen (secondary N) is 1. The molecular formula is C15H18N2O. The van der Waals surface area contributed by atoms with Gasteiger partial charge >= 0.3 is 0 Å². The van der Waals surface area contributed by atoms with Gasteiger partial charge < -0.3 is 10.1 Å². The van der Waals surface area contributed by atoms with Gasteiger partial charge in [0.1, 0.15) is 5.75 Å². The van der Waals surface area contributed by atoms with E-state index >= 15 is 0 Å². The van der Waals surface area contributed by atoms with E-state index in [0.29, 0.717) is 6.04 Å². The molecule has 94 valence electrons. The van der Waals surface area contributed by atoms with E-state index in [4.69, 9.17) is 4.74 Å². The topological polar surface area (TPSA) is 34.1 Å². The summed E-state index contributed by atoms with van der Waals surface area (Å²) < 4.78 is 5.30. The highest BCUT2D eigenvalue weighted by Crippen LogP contribution is 2.37. The number of aromatic nitrogens is 1. The molecule has 1 aliphatic carbocycles. The maximum absolute atomic E-state index is 5.30. The summed E-state index contributed by atoms with van der Waals surface area (Å²) in [7, 11) is 0. The zero-order valence-electron chi connectivity index (χ0n) is 10.4. The Morgan fingerprint density at radius 1 is 1.44 bits per heavy atom. The van der Waals surface area contributed by atoms with Gasteiger partial charge in [0.2, 0.25) is 0 Å². The molecule has 0 unspecified atom stereocenters. The molecule has 0 saturated carbocycles. The summed E-state index contributed by atoms with van der Waals surface area (Å²) in [6.45, 7) is 4.69. The van der Waals surface area contributed by atoms with Crippen molar-refractivity contribution in [3.8, 4) is 5.75 Å². The van der Waals surface area contributed by atoms with Crippen molar-refractivity contribution >= 4 is 5.57 Å². The van der Waals surface area contributed by atoms with Crippen LogP contribution in [0.3, 0.4) is 0 Å². The SMILES string of the molecule is C=COc1cncc(C2=CC[C@H]3CCCN[C@@H]23)c1. The van der Waals surface area contributed by atoms with Crippen LogP contribution in [0.1, 0.15) is 24.8 Å². The summed E-state index contributed by atoms with van der Waals surface area (Å²) in [5.74, 6) is 1.51. The van der Waals surface area contributed by atoms with Gasteiger partial charge in [-0.15, -0.1) is 0 Å². The minimum Gasteiger partial charge on any atom is -0.464 e. The number of rotatable bonds is 3. The second kappa shape index (κ2) is 4.94. The average molecular weight is 242 g/mol. The van der Waals surface area contributed by atoms with Crippen molar-refractivity contribution in [2.24, 2.45) is 5.92 Å². The lowest BCUT2D eigenvalue weighted by Crippen LogP contribution is -2.39. The van der Waals surface area contributed by atoms with E-state index in [1.54, 1.807) is 6.20 Å². The second-order valence-electron chi connectivity index (χ2n) is 4.92. The van der Waals surface area contributed by atoms with Gasteiger partial charge in [0, 0.05) is 17.8 Å². The lowest BCUT2D eigenvalue weighted by Gasteiger charge is -2.29. The van der Waals surface area contributed by atoms with Crippen molar-refractivity contribution in [2.45, 2.75) is 25.3 Å². The van der Waals surface area contributed by atoms with Crippen LogP contribution in [0.15, 0.2) is 37.4 Å². The van der Waals surface area contributed by atoms with Gasteiger partial charge in [0.25, 0.3) is 0 Å². The Balaban J connectivity index is 1.86. The number of ether oxygens (including phenoxy) is 1. The van der Waals surface area contributed by atoms with Crippen LogP contribution >= 0.6 is 0 Å². The largest absolute Gasteiger partial charge is 0.464 e. The Labute approximate surface area is 108 Å². The minimum atomic E-state index is 0.500. The van der Waals surface area contributed by atoms with Crippen LogP contribution in [0.5, 0.6) is 5.75 Å². The third kappa shape index (κ3) is 2.06. The summed E-state index contributed by atoms with van der Waals surface area (Å²) in [5, 5.41) is 3.62. The molecule has 1 fully saturated rings. The minimum absolute atomic E-state index is 0.500.